The van der Waals surface area contributed by atoms with E-state index in [4.69, 9.17) is 5.26 Å². The molecule has 2 heterocycles. The third-order valence-corrected chi connectivity index (χ3v) is 4.26. The maximum Gasteiger partial charge on any atom is 0.124 e. The summed E-state index contributed by atoms with van der Waals surface area (Å²) in [4.78, 5) is 7.88. The van der Waals surface area contributed by atoms with Gasteiger partial charge in [-0.1, -0.05) is 18.2 Å². The summed E-state index contributed by atoms with van der Waals surface area (Å²) in [6, 6.07) is 15.6. The number of alkyl halides is 1. The number of halogens is 1. The molecule has 1 fully saturated rings. The lowest BCUT2D eigenvalue weighted by atomic mass is 10.0. The summed E-state index contributed by atoms with van der Waals surface area (Å²) in [6.45, 7) is 0.387. The zero-order chi connectivity index (χ0) is 15.8. The van der Waals surface area contributed by atoms with Gasteiger partial charge >= 0.3 is 0 Å². The predicted octanol–water partition coefficient (Wildman–Crippen LogP) is 3.47. The molecular weight excluding hydrogens is 291 g/mol. The summed E-state index contributed by atoms with van der Waals surface area (Å²) in [5.74, 6) is 0.789. The molecule has 0 amide bonds. The van der Waals surface area contributed by atoms with Crippen LogP contribution < -0.4 is 5.32 Å². The highest BCUT2D eigenvalue weighted by molar-refractivity contribution is 5.82. The molecule has 3 aromatic rings. The van der Waals surface area contributed by atoms with Gasteiger partial charge in [-0.3, -0.25) is 0 Å². The fourth-order valence-electron chi connectivity index (χ4n) is 3.01. The average molecular weight is 306 g/mol. The van der Waals surface area contributed by atoms with Crippen molar-refractivity contribution >= 4 is 11.0 Å². The summed E-state index contributed by atoms with van der Waals surface area (Å²) in [7, 11) is 0. The molecule has 0 saturated carbocycles. The second kappa shape index (κ2) is 5.49. The van der Waals surface area contributed by atoms with Crippen molar-refractivity contribution in [2.45, 2.75) is 18.6 Å². The number of hydrogen-bond acceptors (Lipinski definition) is 3. The minimum Gasteiger partial charge on any atom is -0.341 e. The Morgan fingerprint density at radius 3 is 2.61 bits per heavy atom. The van der Waals surface area contributed by atoms with E-state index in [1.807, 2.05) is 30.3 Å². The molecule has 23 heavy (non-hydrogen) atoms. The number of rotatable bonds is 2. The van der Waals surface area contributed by atoms with Crippen molar-refractivity contribution in [3.8, 4) is 17.2 Å². The summed E-state index contributed by atoms with van der Waals surface area (Å²) in [5.41, 5.74) is 4.54. The second-order valence-electron chi connectivity index (χ2n) is 5.84. The SMILES string of the molecule is N#Cc1ccc(-c2ccc3[nH]c([C@@H]4C[C@H](F)CN4)nc3c2)cc1. The lowest BCUT2D eigenvalue weighted by Gasteiger charge is -2.04. The van der Waals surface area contributed by atoms with E-state index in [0.29, 0.717) is 18.5 Å². The largest absolute Gasteiger partial charge is 0.341 e. The van der Waals surface area contributed by atoms with Crippen LogP contribution in [-0.4, -0.2) is 22.7 Å². The van der Waals surface area contributed by atoms with Crippen LogP contribution in [0.1, 0.15) is 23.9 Å². The van der Waals surface area contributed by atoms with Gasteiger partial charge in [0.05, 0.1) is 28.7 Å². The summed E-state index contributed by atoms with van der Waals surface area (Å²) in [5, 5.41) is 12.0. The third-order valence-electron chi connectivity index (χ3n) is 4.26. The number of fused-ring (bicyclic) bond motifs is 1. The van der Waals surface area contributed by atoms with Crippen LogP contribution in [-0.2, 0) is 0 Å². The van der Waals surface area contributed by atoms with Gasteiger partial charge in [0.2, 0.25) is 0 Å². The van der Waals surface area contributed by atoms with Gasteiger partial charge in [-0.2, -0.15) is 5.26 Å². The molecular formula is C18H15FN4. The second-order valence-corrected chi connectivity index (χ2v) is 5.84. The van der Waals surface area contributed by atoms with Crippen molar-refractivity contribution in [1.82, 2.24) is 15.3 Å². The molecule has 0 radical (unpaired) electrons. The predicted molar refractivity (Wildman–Crippen MR) is 86.5 cm³/mol. The first-order valence-corrected chi connectivity index (χ1v) is 7.60. The van der Waals surface area contributed by atoms with Crippen molar-refractivity contribution in [1.29, 1.82) is 5.26 Å². The van der Waals surface area contributed by atoms with E-state index in [1.165, 1.54) is 0 Å². The number of imidazole rings is 1. The fraction of sp³-hybridized carbons (Fsp3) is 0.222. The fourth-order valence-corrected chi connectivity index (χ4v) is 3.01. The lowest BCUT2D eigenvalue weighted by molar-refractivity contribution is 0.355. The van der Waals surface area contributed by atoms with E-state index in [0.717, 1.165) is 28.0 Å². The first-order valence-electron chi connectivity index (χ1n) is 7.60. The Morgan fingerprint density at radius 2 is 1.91 bits per heavy atom. The average Bonchev–Trinajstić information content (AvgIpc) is 3.20. The Balaban J connectivity index is 1.68. The number of nitrogens with one attached hydrogen (secondary N) is 2. The van der Waals surface area contributed by atoms with Gasteiger partial charge in [0.15, 0.2) is 0 Å². The third kappa shape index (κ3) is 2.58. The van der Waals surface area contributed by atoms with Crippen LogP contribution in [0.5, 0.6) is 0 Å². The zero-order valence-electron chi connectivity index (χ0n) is 12.4. The maximum absolute atomic E-state index is 13.3. The van der Waals surface area contributed by atoms with Crippen molar-refractivity contribution in [3.05, 3.63) is 53.9 Å². The molecule has 0 aliphatic carbocycles. The first kappa shape index (κ1) is 13.9. The molecule has 1 saturated heterocycles. The van der Waals surface area contributed by atoms with Gasteiger partial charge < -0.3 is 10.3 Å². The molecule has 1 aromatic heterocycles. The molecule has 2 atom stereocenters. The molecule has 0 spiro atoms. The van der Waals surface area contributed by atoms with Crippen LogP contribution in [0.25, 0.3) is 22.2 Å². The molecule has 1 aliphatic rings. The van der Waals surface area contributed by atoms with E-state index < -0.39 is 6.17 Å². The van der Waals surface area contributed by atoms with Gasteiger partial charge in [-0.15, -0.1) is 0 Å². The van der Waals surface area contributed by atoms with E-state index in [-0.39, 0.29) is 6.04 Å². The Morgan fingerprint density at radius 1 is 1.13 bits per heavy atom. The number of H-pyrrole nitrogens is 1. The van der Waals surface area contributed by atoms with Crippen LogP contribution in [0.2, 0.25) is 0 Å². The maximum atomic E-state index is 13.3. The Bertz CT molecular complexity index is 892. The number of aromatic amines is 1. The highest BCUT2D eigenvalue weighted by Gasteiger charge is 2.27. The van der Waals surface area contributed by atoms with E-state index >= 15 is 0 Å². The summed E-state index contributed by atoms with van der Waals surface area (Å²) >= 11 is 0. The Hall–Kier alpha value is -2.71. The quantitative estimate of drug-likeness (QED) is 0.762. The normalized spacial score (nSPS) is 20.7. The standard InChI is InChI=1S/C18H15FN4/c19-14-8-17(21-10-14)18-22-15-6-5-13(7-16(15)23-18)12-3-1-11(9-20)2-4-12/h1-7,14,17,21H,8,10H2,(H,22,23)/t14-,17-/m0/s1. The van der Waals surface area contributed by atoms with Crippen LogP contribution >= 0.6 is 0 Å². The Labute approximate surface area is 133 Å². The van der Waals surface area contributed by atoms with Crippen molar-refractivity contribution in [2.24, 2.45) is 0 Å². The van der Waals surface area contributed by atoms with E-state index in [1.54, 1.807) is 12.1 Å². The number of benzene rings is 2. The van der Waals surface area contributed by atoms with E-state index in [9.17, 15) is 4.39 Å². The highest BCUT2D eigenvalue weighted by Crippen LogP contribution is 2.27. The van der Waals surface area contributed by atoms with Crippen molar-refractivity contribution in [2.75, 3.05) is 6.54 Å². The van der Waals surface area contributed by atoms with Gasteiger partial charge in [0.1, 0.15) is 12.0 Å². The van der Waals surface area contributed by atoms with Crippen LogP contribution in [0.4, 0.5) is 4.39 Å². The molecule has 2 N–H and O–H groups in total. The summed E-state index contributed by atoms with van der Waals surface area (Å²) in [6.07, 6.45) is -0.343. The van der Waals surface area contributed by atoms with Crippen LogP contribution in [0, 0.1) is 11.3 Å². The number of nitrogens with zero attached hydrogens (tertiary/aromatic N) is 2. The van der Waals surface area contributed by atoms with Crippen molar-refractivity contribution < 1.29 is 4.39 Å². The molecule has 4 nitrogen and oxygen atoms in total. The van der Waals surface area contributed by atoms with Crippen LogP contribution in [0.15, 0.2) is 42.5 Å². The number of hydrogen-bond donors (Lipinski definition) is 2. The monoisotopic (exact) mass is 306 g/mol. The highest BCUT2D eigenvalue weighted by atomic mass is 19.1. The lowest BCUT2D eigenvalue weighted by Crippen LogP contribution is -2.14. The number of nitriles is 1. The molecule has 0 unspecified atom stereocenters. The van der Waals surface area contributed by atoms with Gasteiger partial charge in [0.25, 0.3) is 0 Å². The molecule has 1 aliphatic heterocycles. The Kier molecular flexibility index (Phi) is 3.32. The minimum absolute atomic E-state index is 0.0456. The molecule has 114 valence electrons. The molecule has 4 rings (SSSR count). The van der Waals surface area contributed by atoms with E-state index in [2.05, 4.69) is 21.4 Å². The molecule has 0 bridgehead atoms. The topological polar surface area (TPSA) is 64.5 Å². The first-order chi connectivity index (χ1) is 11.2. The molecule has 2 aromatic carbocycles. The van der Waals surface area contributed by atoms with Crippen molar-refractivity contribution in [3.63, 3.8) is 0 Å². The minimum atomic E-state index is -0.803. The smallest absolute Gasteiger partial charge is 0.124 e. The molecule has 5 heteroatoms. The van der Waals surface area contributed by atoms with Gasteiger partial charge in [-0.05, 0) is 35.4 Å². The van der Waals surface area contributed by atoms with Gasteiger partial charge in [-0.25, -0.2) is 9.37 Å². The van der Waals surface area contributed by atoms with Crippen LogP contribution in [0.3, 0.4) is 0 Å². The summed E-state index contributed by atoms with van der Waals surface area (Å²) < 4.78 is 13.3. The number of aromatic nitrogens is 2. The zero-order valence-corrected chi connectivity index (χ0v) is 12.4. The van der Waals surface area contributed by atoms with Gasteiger partial charge in [0, 0.05) is 13.0 Å².